The summed E-state index contributed by atoms with van der Waals surface area (Å²) in [6.45, 7) is 0.632. The maximum Gasteiger partial charge on any atom is 0.128 e. The number of pyridine rings is 1. The van der Waals surface area contributed by atoms with Gasteiger partial charge in [0.25, 0.3) is 0 Å². The van der Waals surface area contributed by atoms with Crippen molar-refractivity contribution >= 4 is 11.7 Å². The van der Waals surface area contributed by atoms with Crippen molar-refractivity contribution in [1.29, 1.82) is 5.41 Å². The van der Waals surface area contributed by atoms with Crippen molar-refractivity contribution in [2.45, 2.75) is 6.54 Å². The minimum atomic E-state index is -0.240. The minimum absolute atomic E-state index is 0.000220. The molecule has 4 nitrogen and oxygen atoms in total. The van der Waals surface area contributed by atoms with Gasteiger partial charge in [0, 0.05) is 25.4 Å². The van der Waals surface area contributed by atoms with Gasteiger partial charge < -0.3 is 10.6 Å². The van der Waals surface area contributed by atoms with Crippen LogP contribution in [0, 0.1) is 11.2 Å². The molecule has 0 aliphatic rings. The summed E-state index contributed by atoms with van der Waals surface area (Å²) >= 11 is 0. The van der Waals surface area contributed by atoms with E-state index in [9.17, 15) is 4.39 Å². The summed E-state index contributed by atoms with van der Waals surface area (Å²) in [6.07, 6.45) is 1.57. The number of aromatic nitrogens is 1. The van der Waals surface area contributed by atoms with E-state index >= 15 is 0 Å². The van der Waals surface area contributed by atoms with E-state index in [2.05, 4.69) is 4.98 Å². The highest BCUT2D eigenvalue weighted by atomic mass is 19.1. The second-order valence-electron chi connectivity index (χ2n) is 4.30. The molecule has 0 aliphatic heterocycles. The summed E-state index contributed by atoms with van der Waals surface area (Å²) in [4.78, 5) is 6.19. The van der Waals surface area contributed by atoms with E-state index in [1.54, 1.807) is 30.5 Å². The summed E-state index contributed by atoms with van der Waals surface area (Å²) in [5.74, 6) is 0.532. The SMILES string of the molecule is CN(Cc1ccc(F)cc1)c1ccc(C(=N)N)cn1. The van der Waals surface area contributed by atoms with Gasteiger partial charge in [-0.25, -0.2) is 9.37 Å². The molecule has 1 aromatic heterocycles. The van der Waals surface area contributed by atoms with Crippen LogP contribution < -0.4 is 10.6 Å². The molecule has 1 aromatic carbocycles. The fourth-order valence-corrected chi connectivity index (χ4v) is 1.72. The van der Waals surface area contributed by atoms with Crippen LogP contribution in [0.4, 0.5) is 10.2 Å². The number of amidine groups is 1. The molecule has 2 aromatic rings. The van der Waals surface area contributed by atoms with Crippen LogP contribution in [0.25, 0.3) is 0 Å². The average Bonchev–Trinajstić information content (AvgIpc) is 2.41. The molecule has 0 aliphatic carbocycles. The summed E-state index contributed by atoms with van der Waals surface area (Å²) in [5, 5.41) is 7.30. The standard InChI is InChI=1S/C14H15FN4/c1-19(9-10-2-5-12(15)6-3-10)13-7-4-11(8-18-13)14(16)17/h2-8H,9H2,1H3,(H3,16,17). The molecule has 98 valence electrons. The summed E-state index contributed by atoms with van der Waals surface area (Å²) < 4.78 is 12.8. The normalized spacial score (nSPS) is 10.2. The molecule has 0 unspecified atom stereocenters. The molecule has 2 rings (SSSR count). The first-order valence-electron chi connectivity index (χ1n) is 5.82. The topological polar surface area (TPSA) is 66.0 Å². The minimum Gasteiger partial charge on any atom is -0.384 e. The molecule has 3 N–H and O–H groups in total. The predicted molar refractivity (Wildman–Crippen MR) is 73.8 cm³/mol. The summed E-state index contributed by atoms with van der Waals surface area (Å²) in [6, 6.07) is 9.93. The Bertz CT molecular complexity index is 563. The van der Waals surface area contributed by atoms with Crippen molar-refractivity contribution in [3.63, 3.8) is 0 Å². The second-order valence-corrected chi connectivity index (χ2v) is 4.30. The molecule has 1 heterocycles. The number of nitrogens with two attached hydrogens (primary N) is 1. The van der Waals surface area contributed by atoms with Gasteiger partial charge in [0.2, 0.25) is 0 Å². The lowest BCUT2D eigenvalue weighted by Gasteiger charge is -2.18. The van der Waals surface area contributed by atoms with Crippen LogP contribution in [0.15, 0.2) is 42.6 Å². The third-order valence-electron chi connectivity index (χ3n) is 2.78. The number of anilines is 1. The molecule has 0 amide bonds. The zero-order valence-corrected chi connectivity index (χ0v) is 10.6. The van der Waals surface area contributed by atoms with Crippen LogP contribution >= 0.6 is 0 Å². The first-order chi connectivity index (χ1) is 9.06. The maximum atomic E-state index is 12.8. The fraction of sp³-hybridized carbons (Fsp3) is 0.143. The van der Waals surface area contributed by atoms with Crippen molar-refractivity contribution in [1.82, 2.24) is 4.98 Å². The highest BCUT2D eigenvalue weighted by Crippen LogP contribution is 2.13. The number of benzene rings is 1. The number of hydrogen-bond acceptors (Lipinski definition) is 3. The molecular weight excluding hydrogens is 243 g/mol. The van der Waals surface area contributed by atoms with Gasteiger partial charge in [0.05, 0.1) is 0 Å². The molecule has 0 spiro atoms. The van der Waals surface area contributed by atoms with Gasteiger partial charge in [-0.05, 0) is 29.8 Å². The van der Waals surface area contributed by atoms with Crippen molar-refractivity contribution in [2.24, 2.45) is 5.73 Å². The average molecular weight is 258 g/mol. The zero-order valence-electron chi connectivity index (χ0n) is 10.6. The third kappa shape index (κ3) is 3.28. The Morgan fingerprint density at radius 1 is 1.26 bits per heavy atom. The molecule has 0 bridgehead atoms. The first-order valence-corrected chi connectivity index (χ1v) is 5.82. The Morgan fingerprint density at radius 2 is 1.95 bits per heavy atom. The number of hydrogen-bond donors (Lipinski definition) is 2. The van der Waals surface area contributed by atoms with Crippen LogP contribution in [-0.4, -0.2) is 17.9 Å². The molecule has 19 heavy (non-hydrogen) atoms. The van der Waals surface area contributed by atoms with Gasteiger partial charge in [-0.15, -0.1) is 0 Å². The van der Waals surface area contributed by atoms with Gasteiger partial charge in [-0.3, -0.25) is 5.41 Å². The van der Waals surface area contributed by atoms with E-state index in [0.717, 1.165) is 11.4 Å². The lowest BCUT2D eigenvalue weighted by Crippen LogP contribution is -2.18. The Morgan fingerprint density at radius 3 is 2.47 bits per heavy atom. The zero-order chi connectivity index (χ0) is 13.8. The second kappa shape index (κ2) is 5.48. The van der Waals surface area contributed by atoms with Crippen LogP contribution in [-0.2, 0) is 6.54 Å². The van der Waals surface area contributed by atoms with Crippen molar-refractivity contribution in [3.8, 4) is 0 Å². The predicted octanol–water partition coefficient (Wildman–Crippen LogP) is 2.14. The molecular formula is C14H15FN4. The number of nitrogens with zero attached hydrogens (tertiary/aromatic N) is 2. The van der Waals surface area contributed by atoms with Crippen LogP contribution in [0.1, 0.15) is 11.1 Å². The Balaban J connectivity index is 2.09. The molecule has 5 heteroatoms. The lowest BCUT2D eigenvalue weighted by atomic mass is 10.2. The number of nitrogen functional groups attached to an aromatic ring is 1. The Labute approximate surface area is 111 Å². The molecule has 0 fully saturated rings. The van der Waals surface area contributed by atoms with E-state index in [1.165, 1.54) is 12.1 Å². The molecule has 0 saturated heterocycles. The van der Waals surface area contributed by atoms with Gasteiger partial charge in [0.1, 0.15) is 17.5 Å². The Kier molecular flexibility index (Phi) is 3.75. The van der Waals surface area contributed by atoms with Crippen LogP contribution in [0.3, 0.4) is 0 Å². The Hall–Kier alpha value is -2.43. The number of rotatable bonds is 4. The fourth-order valence-electron chi connectivity index (χ4n) is 1.72. The summed E-state index contributed by atoms with van der Waals surface area (Å²) in [5.41, 5.74) is 6.97. The molecule has 0 atom stereocenters. The first kappa shape index (κ1) is 13.0. The highest BCUT2D eigenvalue weighted by molar-refractivity contribution is 5.94. The van der Waals surface area contributed by atoms with Crippen molar-refractivity contribution < 1.29 is 4.39 Å². The number of halogens is 1. The van der Waals surface area contributed by atoms with Crippen molar-refractivity contribution in [3.05, 3.63) is 59.5 Å². The van der Waals surface area contributed by atoms with E-state index in [1.807, 2.05) is 11.9 Å². The lowest BCUT2D eigenvalue weighted by molar-refractivity contribution is 0.627. The van der Waals surface area contributed by atoms with E-state index < -0.39 is 0 Å². The van der Waals surface area contributed by atoms with Crippen molar-refractivity contribution in [2.75, 3.05) is 11.9 Å². The van der Waals surface area contributed by atoms with Crippen LogP contribution in [0.5, 0.6) is 0 Å². The van der Waals surface area contributed by atoms with Crippen LogP contribution in [0.2, 0.25) is 0 Å². The van der Waals surface area contributed by atoms with Gasteiger partial charge in [-0.2, -0.15) is 0 Å². The molecule has 0 radical (unpaired) electrons. The summed E-state index contributed by atoms with van der Waals surface area (Å²) in [7, 11) is 1.90. The largest absolute Gasteiger partial charge is 0.384 e. The van der Waals surface area contributed by atoms with E-state index in [0.29, 0.717) is 12.1 Å². The van der Waals surface area contributed by atoms with Gasteiger partial charge in [-0.1, -0.05) is 12.1 Å². The maximum absolute atomic E-state index is 12.8. The van der Waals surface area contributed by atoms with Gasteiger partial charge >= 0.3 is 0 Å². The van der Waals surface area contributed by atoms with E-state index in [-0.39, 0.29) is 11.7 Å². The van der Waals surface area contributed by atoms with E-state index in [4.69, 9.17) is 11.1 Å². The smallest absolute Gasteiger partial charge is 0.128 e. The quantitative estimate of drug-likeness (QED) is 0.652. The van der Waals surface area contributed by atoms with Gasteiger partial charge in [0.15, 0.2) is 0 Å². The highest BCUT2D eigenvalue weighted by Gasteiger charge is 2.05. The number of nitrogens with one attached hydrogen (secondary N) is 1. The molecule has 0 saturated carbocycles. The third-order valence-corrected chi connectivity index (χ3v) is 2.78. The monoisotopic (exact) mass is 258 g/mol.